The van der Waals surface area contributed by atoms with E-state index in [1.807, 2.05) is 6.07 Å². The average molecular weight is 292 g/mol. The molecule has 0 fully saturated rings. The quantitative estimate of drug-likeness (QED) is 0.758. The van der Waals surface area contributed by atoms with Crippen molar-refractivity contribution in [1.29, 1.82) is 0 Å². The third kappa shape index (κ3) is 4.61. The van der Waals surface area contributed by atoms with Crippen molar-refractivity contribution in [1.82, 2.24) is 10.2 Å². The van der Waals surface area contributed by atoms with Gasteiger partial charge in [-0.25, -0.2) is 0 Å². The van der Waals surface area contributed by atoms with Gasteiger partial charge in [-0.05, 0) is 50.7 Å². The van der Waals surface area contributed by atoms with Gasteiger partial charge < -0.3 is 19.7 Å². The second-order valence-corrected chi connectivity index (χ2v) is 5.74. The van der Waals surface area contributed by atoms with Crippen molar-refractivity contribution in [3.05, 3.63) is 23.8 Å². The Morgan fingerprint density at radius 3 is 2.76 bits per heavy atom. The maximum Gasteiger partial charge on any atom is 0.231 e. The molecule has 0 aromatic heterocycles. The van der Waals surface area contributed by atoms with Gasteiger partial charge in [-0.1, -0.05) is 26.3 Å². The minimum Gasteiger partial charge on any atom is -0.454 e. The zero-order valence-corrected chi connectivity index (χ0v) is 13.5. The van der Waals surface area contributed by atoms with Gasteiger partial charge in [-0.15, -0.1) is 0 Å². The molecule has 0 saturated carbocycles. The zero-order valence-electron chi connectivity index (χ0n) is 13.5. The van der Waals surface area contributed by atoms with Crippen LogP contribution in [0.15, 0.2) is 18.2 Å². The number of ether oxygens (including phenoxy) is 2. The number of nitrogens with one attached hydrogen (secondary N) is 1. The second kappa shape index (κ2) is 8.25. The molecule has 1 aliphatic heterocycles. The molecular formula is C17H28N2O2. The summed E-state index contributed by atoms with van der Waals surface area (Å²) in [7, 11) is 2.20. The normalized spacial score (nSPS) is 14.7. The van der Waals surface area contributed by atoms with E-state index in [0.717, 1.165) is 37.6 Å². The lowest BCUT2D eigenvalue weighted by atomic mass is 10.1. The summed E-state index contributed by atoms with van der Waals surface area (Å²) < 4.78 is 10.9. The number of likely N-dealkylation sites (N-methyl/N-ethyl adjacent to an activating group) is 1. The lowest BCUT2D eigenvalue weighted by molar-refractivity contribution is 0.174. The van der Waals surface area contributed by atoms with Crippen molar-refractivity contribution < 1.29 is 9.47 Å². The predicted molar refractivity (Wildman–Crippen MR) is 86.0 cm³/mol. The van der Waals surface area contributed by atoms with Crippen LogP contribution < -0.4 is 14.8 Å². The minimum atomic E-state index is 0.335. The Labute approximate surface area is 128 Å². The Morgan fingerprint density at radius 2 is 2.00 bits per heavy atom. The Kier molecular flexibility index (Phi) is 6.33. The molecule has 1 aromatic rings. The molecule has 1 aromatic carbocycles. The summed E-state index contributed by atoms with van der Waals surface area (Å²) in [5.74, 6) is 1.72. The fourth-order valence-corrected chi connectivity index (χ4v) is 2.57. The van der Waals surface area contributed by atoms with Gasteiger partial charge in [0.2, 0.25) is 6.79 Å². The molecule has 0 amide bonds. The maximum absolute atomic E-state index is 5.50. The fraction of sp³-hybridized carbons (Fsp3) is 0.647. The number of hydrogen-bond donors (Lipinski definition) is 1. The fourth-order valence-electron chi connectivity index (χ4n) is 2.57. The molecule has 0 saturated heterocycles. The molecule has 4 heteroatoms. The Morgan fingerprint density at radius 1 is 1.19 bits per heavy atom. The lowest BCUT2D eigenvalue weighted by Gasteiger charge is -2.25. The highest BCUT2D eigenvalue weighted by Crippen LogP contribution is 2.34. The lowest BCUT2D eigenvalue weighted by Crippen LogP contribution is -2.34. The van der Waals surface area contributed by atoms with Crippen LogP contribution in [0.5, 0.6) is 11.5 Å². The third-order valence-electron chi connectivity index (χ3n) is 3.83. The monoisotopic (exact) mass is 292 g/mol. The highest BCUT2D eigenvalue weighted by molar-refractivity contribution is 5.45. The van der Waals surface area contributed by atoms with Crippen LogP contribution in [0.1, 0.15) is 44.7 Å². The van der Waals surface area contributed by atoms with Crippen LogP contribution in [0.3, 0.4) is 0 Å². The highest BCUT2D eigenvalue weighted by Gasteiger charge is 2.18. The molecule has 4 nitrogen and oxygen atoms in total. The van der Waals surface area contributed by atoms with Crippen molar-refractivity contribution in [3.8, 4) is 11.5 Å². The minimum absolute atomic E-state index is 0.335. The van der Waals surface area contributed by atoms with Gasteiger partial charge in [0.25, 0.3) is 0 Å². The first kappa shape index (κ1) is 16.1. The topological polar surface area (TPSA) is 33.7 Å². The summed E-state index contributed by atoms with van der Waals surface area (Å²) in [6.45, 7) is 7.96. The van der Waals surface area contributed by atoms with E-state index in [1.165, 1.54) is 18.4 Å². The molecule has 0 aliphatic carbocycles. The Hall–Kier alpha value is -1.26. The van der Waals surface area contributed by atoms with E-state index in [2.05, 4.69) is 43.2 Å². The van der Waals surface area contributed by atoms with E-state index in [-0.39, 0.29) is 0 Å². The molecule has 21 heavy (non-hydrogen) atoms. The Bertz CT molecular complexity index is 437. The molecule has 0 spiro atoms. The van der Waals surface area contributed by atoms with Crippen molar-refractivity contribution in [3.63, 3.8) is 0 Å². The summed E-state index contributed by atoms with van der Waals surface area (Å²) >= 11 is 0. The zero-order chi connectivity index (χ0) is 15.1. The van der Waals surface area contributed by atoms with Crippen molar-refractivity contribution >= 4 is 0 Å². The first-order chi connectivity index (χ1) is 10.2. The smallest absolute Gasteiger partial charge is 0.231 e. The van der Waals surface area contributed by atoms with E-state index in [9.17, 15) is 0 Å². The van der Waals surface area contributed by atoms with E-state index >= 15 is 0 Å². The molecule has 118 valence electrons. The van der Waals surface area contributed by atoms with E-state index in [4.69, 9.17) is 9.47 Å². The molecule has 1 atom stereocenters. The summed E-state index contributed by atoms with van der Waals surface area (Å²) in [5, 5.41) is 3.65. The van der Waals surface area contributed by atoms with E-state index < -0.39 is 0 Å². The van der Waals surface area contributed by atoms with Crippen LogP contribution in [0, 0.1) is 0 Å². The van der Waals surface area contributed by atoms with Crippen LogP contribution in [0.2, 0.25) is 0 Å². The molecular weight excluding hydrogens is 264 g/mol. The standard InChI is InChI=1S/C17H28N2O2/c1-4-6-10-19(3)12-15(18-9-5-2)14-7-8-16-17(11-14)21-13-20-16/h7-8,11,15,18H,4-6,9-10,12-13H2,1-3H3. The number of fused-ring (bicyclic) bond motifs is 1. The second-order valence-electron chi connectivity index (χ2n) is 5.74. The largest absolute Gasteiger partial charge is 0.454 e. The first-order valence-electron chi connectivity index (χ1n) is 8.06. The van der Waals surface area contributed by atoms with Crippen LogP contribution in [-0.4, -0.2) is 38.4 Å². The average Bonchev–Trinajstić information content (AvgIpc) is 2.96. The first-order valence-corrected chi connectivity index (χ1v) is 8.06. The third-order valence-corrected chi connectivity index (χ3v) is 3.83. The SMILES string of the molecule is CCCCN(C)CC(NCCC)c1ccc2c(c1)OCO2. The van der Waals surface area contributed by atoms with Crippen molar-refractivity contribution in [2.24, 2.45) is 0 Å². The van der Waals surface area contributed by atoms with Gasteiger partial charge in [0.15, 0.2) is 11.5 Å². The van der Waals surface area contributed by atoms with Crippen LogP contribution >= 0.6 is 0 Å². The van der Waals surface area contributed by atoms with Gasteiger partial charge in [0, 0.05) is 12.6 Å². The van der Waals surface area contributed by atoms with Crippen LogP contribution in [0.25, 0.3) is 0 Å². The Balaban J connectivity index is 2.04. The number of hydrogen-bond acceptors (Lipinski definition) is 4. The number of rotatable bonds is 9. The molecule has 0 radical (unpaired) electrons. The van der Waals surface area contributed by atoms with Crippen LogP contribution in [0.4, 0.5) is 0 Å². The summed E-state index contributed by atoms with van der Waals surface area (Å²) in [6, 6.07) is 6.61. The van der Waals surface area contributed by atoms with Gasteiger partial charge >= 0.3 is 0 Å². The van der Waals surface area contributed by atoms with Gasteiger partial charge in [0.1, 0.15) is 0 Å². The van der Waals surface area contributed by atoms with E-state index in [0.29, 0.717) is 12.8 Å². The van der Waals surface area contributed by atoms with E-state index in [1.54, 1.807) is 0 Å². The predicted octanol–water partition coefficient (Wildman–Crippen LogP) is 3.19. The number of nitrogens with zero attached hydrogens (tertiary/aromatic N) is 1. The molecule has 2 rings (SSSR count). The molecule has 1 aliphatic rings. The van der Waals surface area contributed by atoms with Crippen LogP contribution in [-0.2, 0) is 0 Å². The summed E-state index contributed by atoms with van der Waals surface area (Å²) in [6.07, 6.45) is 3.62. The molecule has 1 heterocycles. The molecule has 1 N–H and O–H groups in total. The van der Waals surface area contributed by atoms with Crippen molar-refractivity contribution in [2.75, 3.05) is 33.5 Å². The molecule has 0 bridgehead atoms. The van der Waals surface area contributed by atoms with Gasteiger partial charge in [-0.2, -0.15) is 0 Å². The molecule has 1 unspecified atom stereocenters. The highest BCUT2D eigenvalue weighted by atomic mass is 16.7. The van der Waals surface area contributed by atoms with Gasteiger partial charge in [0.05, 0.1) is 0 Å². The van der Waals surface area contributed by atoms with Crippen molar-refractivity contribution in [2.45, 2.75) is 39.2 Å². The summed E-state index contributed by atoms with van der Waals surface area (Å²) in [4.78, 5) is 2.40. The maximum atomic E-state index is 5.50. The number of unbranched alkanes of at least 4 members (excludes halogenated alkanes) is 1. The van der Waals surface area contributed by atoms with Gasteiger partial charge in [-0.3, -0.25) is 0 Å². The summed E-state index contributed by atoms with van der Waals surface area (Å²) in [5.41, 5.74) is 1.27. The number of benzene rings is 1.